The Morgan fingerprint density at radius 3 is 2.18 bits per heavy atom. The standard InChI is InChI=1S/C8H13IN2/c1-8(2,3)6-5-7(9)10-11(6)4/h5H,1-4H3. The van der Waals surface area contributed by atoms with Gasteiger partial charge in [0, 0.05) is 18.2 Å². The molecular weight excluding hydrogens is 251 g/mol. The smallest absolute Gasteiger partial charge is 0.123 e. The van der Waals surface area contributed by atoms with Crippen molar-refractivity contribution in [3.05, 3.63) is 15.5 Å². The van der Waals surface area contributed by atoms with Crippen molar-refractivity contribution in [1.29, 1.82) is 0 Å². The van der Waals surface area contributed by atoms with Crippen LogP contribution in [0.4, 0.5) is 0 Å². The molecule has 0 fully saturated rings. The normalized spacial score (nSPS) is 12.1. The van der Waals surface area contributed by atoms with Crippen LogP contribution in [-0.4, -0.2) is 9.78 Å². The summed E-state index contributed by atoms with van der Waals surface area (Å²) in [5.74, 6) is 0. The fraction of sp³-hybridized carbons (Fsp3) is 0.625. The Morgan fingerprint density at radius 1 is 1.45 bits per heavy atom. The van der Waals surface area contributed by atoms with Crippen molar-refractivity contribution >= 4 is 22.6 Å². The molecule has 11 heavy (non-hydrogen) atoms. The van der Waals surface area contributed by atoms with Gasteiger partial charge < -0.3 is 0 Å². The predicted molar refractivity (Wildman–Crippen MR) is 54.6 cm³/mol. The van der Waals surface area contributed by atoms with E-state index in [0.717, 1.165) is 3.70 Å². The van der Waals surface area contributed by atoms with Gasteiger partial charge >= 0.3 is 0 Å². The van der Waals surface area contributed by atoms with Gasteiger partial charge in [0.2, 0.25) is 0 Å². The lowest BCUT2D eigenvalue weighted by Gasteiger charge is -2.17. The van der Waals surface area contributed by atoms with E-state index in [9.17, 15) is 0 Å². The minimum Gasteiger partial charge on any atom is -0.271 e. The summed E-state index contributed by atoms with van der Waals surface area (Å²) < 4.78 is 3.01. The molecule has 0 spiro atoms. The van der Waals surface area contributed by atoms with Crippen LogP contribution >= 0.6 is 22.6 Å². The van der Waals surface area contributed by atoms with Crippen molar-refractivity contribution in [2.45, 2.75) is 26.2 Å². The summed E-state index contributed by atoms with van der Waals surface area (Å²) in [5, 5.41) is 4.28. The van der Waals surface area contributed by atoms with Crippen LogP contribution in [0.2, 0.25) is 0 Å². The molecular formula is C8H13IN2. The Bertz CT molecular complexity index is 258. The van der Waals surface area contributed by atoms with Crippen LogP contribution in [0, 0.1) is 3.70 Å². The number of aryl methyl sites for hydroxylation is 1. The van der Waals surface area contributed by atoms with E-state index < -0.39 is 0 Å². The van der Waals surface area contributed by atoms with Gasteiger partial charge in [-0.1, -0.05) is 20.8 Å². The highest BCUT2D eigenvalue weighted by Gasteiger charge is 2.18. The lowest BCUT2D eigenvalue weighted by Crippen LogP contribution is -2.16. The average Bonchev–Trinajstić information content (AvgIpc) is 2.08. The molecule has 0 atom stereocenters. The second-order valence-corrected chi connectivity index (χ2v) is 4.83. The number of rotatable bonds is 0. The van der Waals surface area contributed by atoms with E-state index in [1.165, 1.54) is 5.69 Å². The summed E-state index contributed by atoms with van der Waals surface area (Å²) in [6.07, 6.45) is 0. The van der Waals surface area contributed by atoms with E-state index in [-0.39, 0.29) is 5.41 Å². The van der Waals surface area contributed by atoms with Crippen molar-refractivity contribution in [3.8, 4) is 0 Å². The highest BCUT2D eigenvalue weighted by Crippen LogP contribution is 2.22. The highest BCUT2D eigenvalue weighted by molar-refractivity contribution is 14.1. The second-order valence-electron chi connectivity index (χ2n) is 3.73. The largest absolute Gasteiger partial charge is 0.271 e. The molecule has 1 heterocycles. The summed E-state index contributed by atoms with van der Waals surface area (Å²) in [4.78, 5) is 0. The lowest BCUT2D eigenvalue weighted by molar-refractivity contribution is 0.523. The molecule has 0 aliphatic carbocycles. The maximum atomic E-state index is 4.28. The lowest BCUT2D eigenvalue weighted by atomic mass is 9.92. The second kappa shape index (κ2) is 2.77. The Hall–Kier alpha value is -0.0600. The van der Waals surface area contributed by atoms with E-state index in [0.29, 0.717) is 0 Å². The van der Waals surface area contributed by atoms with Crippen LogP contribution in [0.25, 0.3) is 0 Å². The molecule has 1 aromatic heterocycles. The molecule has 1 aromatic rings. The van der Waals surface area contributed by atoms with Crippen LogP contribution in [0.15, 0.2) is 6.07 Å². The predicted octanol–water partition coefficient (Wildman–Crippen LogP) is 2.32. The first kappa shape index (κ1) is 9.03. The SMILES string of the molecule is Cn1nc(I)cc1C(C)(C)C. The quantitative estimate of drug-likeness (QED) is 0.657. The minimum absolute atomic E-state index is 0.200. The molecule has 62 valence electrons. The first-order valence-corrected chi connectivity index (χ1v) is 4.69. The Morgan fingerprint density at radius 2 is 2.00 bits per heavy atom. The molecule has 1 rings (SSSR count). The summed E-state index contributed by atoms with van der Waals surface area (Å²) in [5.41, 5.74) is 1.48. The fourth-order valence-electron chi connectivity index (χ4n) is 1.13. The van der Waals surface area contributed by atoms with Gasteiger partial charge in [-0.15, -0.1) is 0 Å². The number of halogens is 1. The minimum atomic E-state index is 0.200. The molecule has 0 amide bonds. The fourth-order valence-corrected chi connectivity index (χ4v) is 1.75. The van der Waals surface area contributed by atoms with E-state index in [1.807, 2.05) is 11.7 Å². The van der Waals surface area contributed by atoms with Crippen molar-refractivity contribution < 1.29 is 0 Å². The van der Waals surface area contributed by atoms with Gasteiger partial charge in [0.15, 0.2) is 0 Å². The zero-order chi connectivity index (χ0) is 8.65. The van der Waals surface area contributed by atoms with Gasteiger partial charge in [0.1, 0.15) is 3.70 Å². The van der Waals surface area contributed by atoms with Crippen molar-refractivity contribution in [1.82, 2.24) is 9.78 Å². The average molecular weight is 264 g/mol. The Balaban J connectivity index is 3.13. The summed E-state index contributed by atoms with van der Waals surface area (Å²) in [6, 6.07) is 2.13. The van der Waals surface area contributed by atoms with Crippen molar-refractivity contribution in [3.63, 3.8) is 0 Å². The Labute approximate surface area is 81.1 Å². The third-order valence-corrected chi connectivity index (χ3v) is 2.15. The summed E-state index contributed by atoms with van der Waals surface area (Å²) >= 11 is 2.23. The van der Waals surface area contributed by atoms with Crippen LogP contribution < -0.4 is 0 Å². The maximum absolute atomic E-state index is 4.28. The molecule has 3 heteroatoms. The number of hydrogen-bond donors (Lipinski definition) is 0. The molecule has 0 aliphatic heterocycles. The van der Waals surface area contributed by atoms with Gasteiger partial charge in [0.05, 0.1) is 0 Å². The number of nitrogens with zero attached hydrogens (tertiary/aromatic N) is 2. The van der Waals surface area contributed by atoms with E-state index in [1.54, 1.807) is 0 Å². The Kier molecular flexibility index (Phi) is 2.27. The molecule has 0 bridgehead atoms. The molecule has 0 unspecified atom stereocenters. The summed E-state index contributed by atoms with van der Waals surface area (Å²) in [6.45, 7) is 6.58. The van der Waals surface area contributed by atoms with Gasteiger partial charge in [0.25, 0.3) is 0 Å². The zero-order valence-electron chi connectivity index (χ0n) is 7.35. The molecule has 0 radical (unpaired) electrons. The zero-order valence-corrected chi connectivity index (χ0v) is 9.51. The topological polar surface area (TPSA) is 17.8 Å². The molecule has 0 N–H and O–H groups in total. The number of hydrogen-bond acceptors (Lipinski definition) is 1. The number of aromatic nitrogens is 2. The first-order chi connectivity index (χ1) is 4.91. The monoisotopic (exact) mass is 264 g/mol. The maximum Gasteiger partial charge on any atom is 0.123 e. The van der Waals surface area contributed by atoms with Crippen LogP contribution in [0.1, 0.15) is 26.5 Å². The van der Waals surface area contributed by atoms with Crippen LogP contribution in [-0.2, 0) is 12.5 Å². The van der Waals surface area contributed by atoms with Gasteiger partial charge in [-0.25, -0.2) is 0 Å². The third-order valence-electron chi connectivity index (χ3n) is 1.62. The third kappa shape index (κ3) is 1.95. The van der Waals surface area contributed by atoms with E-state index in [2.05, 4.69) is 54.5 Å². The van der Waals surface area contributed by atoms with Gasteiger partial charge in [-0.05, 0) is 28.7 Å². The van der Waals surface area contributed by atoms with Crippen LogP contribution in [0.3, 0.4) is 0 Å². The van der Waals surface area contributed by atoms with Crippen LogP contribution in [0.5, 0.6) is 0 Å². The van der Waals surface area contributed by atoms with E-state index >= 15 is 0 Å². The molecule has 0 saturated heterocycles. The molecule has 0 aromatic carbocycles. The first-order valence-electron chi connectivity index (χ1n) is 3.61. The van der Waals surface area contributed by atoms with Crippen molar-refractivity contribution in [2.24, 2.45) is 7.05 Å². The molecule has 0 saturated carbocycles. The van der Waals surface area contributed by atoms with Crippen molar-refractivity contribution in [2.75, 3.05) is 0 Å². The molecule has 0 aliphatic rings. The highest BCUT2D eigenvalue weighted by atomic mass is 127. The van der Waals surface area contributed by atoms with Gasteiger partial charge in [-0.2, -0.15) is 5.10 Å². The van der Waals surface area contributed by atoms with Gasteiger partial charge in [-0.3, -0.25) is 4.68 Å². The van der Waals surface area contributed by atoms with E-state index in [4.69, 9.17) is 0 Å². The molecule has 2 nitrogen and oxygen atoms in total. The summed E-state index contributed by atoms with van der Waals surface area (Å²) in [7, 11) is 1.99.